The van der Waals surface area contributed by atoms with Crippen LogP contribution in [-0.2, 0) is 6.42 Å². The summed E-state index contributed by atoms with van der Waals surface area (Å²) in [4.78, 5) is 14.7. The predicted octanol–water partition coefficient (Wildman–Crippen LogP) is 2.37. The van der Waals surface area contributed by atoms with Crippen molar-refractivity contribution in [3.63, 3.8) is 0 Å². The summed E-state index contributed by atoms with van der Waals surface area (Å²) in [5.41, 5.74) is 0.991. The minimum absolute atomic E-state index is 0.131. The highest BCUT2D eigenvalue weighted by atomic mass is 16.4. The number of carboxylic acids is 1. The van der Waals surface area contributed by atoms with E-state index >= 15 is 0 Å². The third kappa shape index (κ3) is 3.17. The lowest BCUT2D eigenvalue weighted by atomic mass is 10.1. The Morgan fingerprint density at radius 2 is 2.21 bits per heavy atom. The molecule has 0 aromatic carbocycles. The van der Waals surface area contributed by atoms with Gasteiger partial charge in [-0.2, -0.15) is 0 Å². The van der Waals surface area contributed by atoms with Crippen molar-refractivity contribution in [2.24, 2.45) is 5.92 Å². The molecule has 1 N–H and O–H groups in total. The van der Waals surface area contributed by atoms with Crippen LogP contribution in [-0.4, -0.2) is 16.1 Å². The minimum Gasteiger partial charge on any atom is -0.477 e. The first-order chi connectivity index (χ1) is 6.59. The number of hydrogen-bond acceptors (Lipinski definition) is 2. The van der Waals surface area contributed by atoms with Crippen molar-refractivity contribution in [2.75, 3.05) is 0 Å². The van der Waals surface area contributed by atoms with E-state index in [0.717, 1.165) is 18.5 Å². The quantitative estimate of drug-likeness (QED) is 0.798. The van der Waals surface area contributed by atoms with Crippen LogP contribution in [0.15, 0.2) is 18.2 Å². The van der Waals surface area contributed by atoms with Crippen LogP contribution in [0.2, 0.25) is 0 Å². The topological polar surface area (TPSA) is 50.2 Å². The lowest BCUT2D eigenvalue weighted by molar-refractivity contribution is 0.0690. The van der Waals surface area contributed by atoms with Gasteiger partial charge in [-0.1, -0.05) is 19.9 Å². The monoisotopic (exact) mass is 193 g/mol. The summed E-state index contributed by atoms with van der Waals surface area (Å²) in [5.74, 6) is -0.346. The largest absolute Gasteiger partial charge is 0.477 e. The van der Waals surface area contributed by atoms with Crippen LogP contribution in [0.3, 0.4) is 0 Å². The Balaban J connectivity index is 2.69. The first kappa shape index (κ1) is 10.7. The van der Waals surface area contributed by atoms with Crippen molar-refractivity contribution < 1.29 is 9.90 Å². The van der Waals surface area contributed by atoms with E-state index in [4.69, 9.17) is 5.11 Å². The Kier molecular flexibility index (Phi) is 3.63. The third-order valence-electron chi connectivity index (χ3n) is 2.00. The second-order valence-electron chi connectivity index (χ2n) is 3.75. The van der Waals surface area contributed by atoms with E-state index in [1.54, 1.807) is 6.07 Å². The van der Waals surface area contributed by atoms with Crippen molar-refractivity contribution in [2.45, 2.75) is 26.7 Å². The van der Waals surface area contributed by atoms with Gasteiger partial charge < -0.3 is 5.11 Å². The number of carbonyl (C=O) groups is 1. The van der Waals surface area contributed by atoms with Gasteiger partial charge in [0.15, 0.2) is 0 Å². The smallest absolute Gasteiger partial charge is 0.354 e. The Bertz CT molecular complexity index is 321. The highest BCUT2D eigenvalue weighted by molar-refractivity contribution is 5.85. The Hall–Kier alpha value is -1.38. The molecule has 0 atom stereocenters. The standard InChI is InChI=1S/C11H15NO2/c1-8(2)6-7-9-4-3-5-10(12-9)11(13)14/h3-5,8H,6-7H2,1-2H3,(H,13,14). The summed E-state index contributed by atoms with van der Waals surface area (Å²) in [5, 5.41) is 8.72. The lowest BCUT2D eigenvalue weighted by Crippen LogP contribution is -2.03. The zero-order valence-corrected chi connectivity index (χ0v) is 8.53. The zero-order chi connectivity index (χ0) is 10.6. The Morgan fingerprint density at radius 3 is 2.79 bits per heavy atom. The van der Waals surface area contributed by atoms with Crippen molar-refractivity contribution in [1.29, 1.82) is 0 Å². The zero-order valence-electron chi connectivity index (χ0n) is 8.53. The normalized spacial score (nSPS) is 10.5. The molecule has 0 aliphatic heterocycles. The van der Waals surface area contributed by atoms with E-state index < -0.39 is 5.97 Å². The highest BCUT2D eigenvalue weighted by Crippen LogP contribution is 2.07. The molecule has 1 aromatic heterocycles. The number of aromatic nitrogens is 1. The van der Waals surface area contributed by atoms with Crippen LogP contribution in [0, 0.1) is 5.92 Å². The summed E-state index contributed by atoms with van der Waals surface area (Å²) in [6.45, 7) is 4.28. The second-order valence-corrected chi connectivity index (χ2v) is 3.75. The maximum Gasteiger partial charge on any atom is 0.354 e. The average molecular weight is 193 g/mol. The lowest BCUT2D eigenvalue weighted by Gasteiger charge is -2.04. The number of aryl methyl sites for hydroxylation is 1. The number of aromatic carboxylic acids is 1. The maximum absolute atomic E-state index is 10.6. The van der Waals surface area contributed by atoms with E-state index in [1.807, 2.05) is 6.07 Å². The number of carboxylic acid groups (broad SMARTS) is 1. The number of rotatable bonds is 4. The molecule has 0 saturated heterocycles. The summed E-state index contributed by atoms with van der Waals surface area (Å²) in [7, 11) is 0. The van der Waals surface area contributed by atoms with Gasteiger partial charge in [0.1, 0.15) is 5.69 Å². The average Bonchev–Trinajstić information content (AvgIpc) is 2.15. The SMILES string of the molecule is CC(C)CCc1cccc(C(=O)O)n1. The molecular weight excluding hydrogens is 178 g/mol. The summed E-state index contributed by atoms with van der Waals surface area (Å²) in [6, 6.07) is 5.13. The summed E-state index contributed by atoms with van der Waals surface area (Å²) in [6.07, 6.45) is 1.88. The molecule has 0 amide bonds. The first-order valence-electron chi connectivity index (χ1n) is 4.79. The van der Waals surface area contributed by atoms with Crippen LogP contribution in [0.1, 0.15) is 36.5 Å². The van der Waals surface area contributed by atoms with Crippen LogP contribution in [0.4, 0.5) is 0 Å². The van der Waals surface area contributed by atoms with Gasteiger partial charge in [-0.25, -0.2) is 9.78 Å². The summed E-state index contributed by atoms with van der Waals surface area (Å²) >= 11 is 0. The van der Waals surface area contributed by atoms with Crippen molar-refractivity contribution >= 4 is 5.97 Å². The number of nitrogens with zero attached hydrogens (tertiary/aromatic N) is 1. The van der Waals surface area contributed by atoms with Gasteiger partial charge >= 0.3 is 5.97 Å². The fraction of sp³-hybridized carbons (Fsp3) is 0.455. The second kappa shape index (κ2) is 4.74. The molecule has 0 saturated carbocycles. The van der Waals surface area contributed by atoms with Crippen molar-refractivity contribution in [1.82, 2.24) is 4.98 Å². The van der Waals surface area contributed by atoms with E-state index in [-0.39, 0.29) is 5.69 Å². The Morgan fingerprint density at radius 1 is 1.50 bits per heavy atom. The van der Waals surface area contributed by atoms with Crippen molar-refractivity contribution in [3.8, 4) is 0 Å². The van der Waals surface area contributed by atoms with E-state index in [0.29, 0.717) is 5.92 Å². The molecule has 1 rings (SSSR count). The highest BCUT2D eigenvalue weighted by Gasteiger charge is 2.05. The molecule has 0 fully saturated rings. The fourth-order valence-electron chi connectivity index (χ4n) is 1.17. The molecular formula is C11H15NO2. The Labute approximate surface area is 83.8 Å². The molecule has 76 valence electrons. The van der Waals surface area contributed by atoms with Crippen LogP contribution < -0.4 is 0 Å². The van der Waals surface area contributed by atoms with E-state index in [1.165, 1.54) is 6.07 Å². The van der Waals surface area contributed by atoms with E-state index in [9.17, 15) is 4.79 Å². The van der Waals surface area contributed by atoms with Crippen molar-refractivity contribution in [3.05, 3.63) is 29.6 Å². The van der Waals surface area contributed by atoms with Gasteiger partial charge in [0.2, 0.25) is 0 Å². The molecule has 14 heavy (non-hydrogen) atoms. The molecule has 1 aromatic rings. The molecule has 0 spiro atoms. The molecule has 0 aliphatic rings. The van der Waals surface area contributed by atoms with Gasteiger partial charge in [-0.05, 0) is 30.9 Å². The van der Waals surface area contributed by atoms with Gasteiger partial charge in [-0.15, -0.1) is 0 Å². The predicted molar refractivity (Wildman–Crippen MR) is 54.4 cm³/mol. The minimum atomic E-state index is -0.962. The molecule has 3 nitrogen and oxygen atoms in total. The number of pyridine rings is 1. The maximum atomic E-state index is 10.6. The van der Waals surface area contributed by atoms with Gasteiger partial charge in [0.25, 0.3) is 0 Å². The van der Waals surface area contributed by atoms with Crippen LogP contribution in [0.5, 0.6) is 0 Å². The molecule has 0 bridgehead atoms. The first-order valence-corrected chi connectivity index (χ1v) is 4.79. The van der Waals surface area contributed by atoms with Gasteiger partial charge in [0.05, 0.1) is 0 Å². The molecule has 1 heterocycles. The molecule has 0 radical (unpaired) electrons. The third-order valence-corrected chi connectivity index (χ3v) is 2.00. The van der Waals surface area contributed by atoms with Gasteiger partial charge in [-0.3, -0.25) is 0 Å². The van der Waals surface area contributed by atoms with E-state index in [2.05, 4.69) is 18.8 Å². The molecule has 0 unspecified atom stereocenters. The van der Waals surface area contributed by atoms with Crippen LogP contribution >= 0.6 is 0 Å². The van der Waals surface area contributed by atoms with Gasteiger partial charge in [0, 0.05) is 5.69 Å². The fourth-order valence-corrected chi connectivity index (χ4v) is 1.17. The molecule has 0 aliphatic carbocycles. The van der Waals surface area contributed by atoms with Crippen LogP contribution in [0.25, 0.3) is 0 Å². The number of hydrogen-bond donors (Lipinski definition) is 1. The molecule has 3 heteroatoms. The summed E-state index contributed by atoms with van der Waals surface area (Å²) < 4.78 is 0.